The van der Waals surface area contributed by atoms with Crippen LogP contribution in [0.25, 0.3) is 0 Å². The van der Waals surface area contributed by atoms with Crippen molar-refractivity contribution in [2.45, 2.75) is 0 Å². The normalized spacial score (nSPS) is 11.1. The molecule has 0 unspecified atom stereocenters. The van der Waals surface area contributed by atoms with Crippen LogP contribution in [0, 0.1) is 0 Å². The molecule has 0 atom stereocenters. The first-order valence-electron chi connectivity index (χ1n) is 7.19. The Morgan fingerprint density at radius 2 is 1.39 bits per heavy atom. The van der Waals surface area contributed by atoms with Gasteiger partial charge in [-0.05, 0) is 48.5 Å². The maximum atomic E-state index is 5.93. The number of benzene rings is 3. The molecular formula is C19H15BrN2O. The van der Waals surface area contributed by atoms with Crippen molar-refractivity contribution in [3.05, 3.63) is 95.0 Å². The quantitative estimate of drug-likeness (QED) is 0.386. The van der Waals surface area contributed by atoms with Gasteiger partial charge in [-0.15, -0.1) is 5.10 Å². The van der Waals surface area contributed by atoms with Crippen LogP contribution in [0.2, 0.25) is 0 Å². The largest absolute Gasteiger partial charge is 0.437 e. The van der Waals surface area contributed by atoms with E-state index in [2.05, 4.69) is 26.5 Å². The zero-order chi connectivity index (χ0) is 15.9. The van der Waals surface area contributed by atoms with Crippen molar-refractivity contribution >= 4 is 27.5 Å². The number of hydrogen-bond acceptors (Lipinski definition) is 3. The van der Waals surface area contributed by atoms with Crippen LogP contribution in [0.3, 0.4) is 0 Å². The third-order valence-electron chi connectivity index (χ3n) is 3.11. The molecule has 114 valence electrons. The van der Waals surface area contributed by atoms with Gasteiger partial charge in [0.1, 0.15) is 5.75 Å². The zero-order valence-electron chi connectivity index (χ0n) is 12.3. The summed E-state index contributed by atoms with van der Waals surface area (Å²) < 4.78 is 6.94. The highest BCUT2D eigenvalue weighted by Gasteiger charge is 2.07. The summed E-state index contributed by atoms with van der Waals surface area (Å²) in [6.45, 7) is 0. The summed E-state index contributed by atoms with van der Waals surface area (Å²) in [5.74, 6) is 1.25. The lowest BCUT2D eigenvalue weighted by Gasteiger charge is -2.10. The van der Waals surface area contributed by atoms with Crippen LogP contribution in [0.15, 0.2) is 94.5 Å². The summed E-state index contributed by atoms with van der Waals surface area (Å²) >= 11 is 3.44. The van der Waals surface area contributed by atoms with Crippen molar-refractivity contribution in [2.75, 3.05) is 5.43 Å². The molecule has 0 spiro atoms. The molecule has 23 heavy (non-hydrogen) atoms. The number of rotatable bonds is 4. The van der Waals surface area contributed by atoms with Gasteiger partial charge in [0.15, 0.2) is 0 Å². The van der Waals surface area contributed by atoms with Gasteiger partial charge in [0.2, 0.25) is 5.90 Å². The monoisotopic (exact) mass is 366 g/mol. The van der Waals surface area contributed by atoms with Gasteiger partial charge in [-0.25, -0.2) is 0 Å². The number of anilines is 1. The molecule has 1 N–H and O–H groups in total. The number of nitrogens with one attached hydrogen (secondary N) is 1. The predicted molar refractivity (Wildman–Crippen MR) is 97.8 cm³/mol. The fraction of sp³-hybridized carbons (Fsp3) is 0. The fourth-order valence-electron chi connectivity index (χ4n) is 1.97. The lowest BCUT2D eigenvalue weighted by Crippen LogP contribution is -2.12. The second-order valence-electron chi connectivity index (χ2n) is 4.82. The minimum atomic E-state index is 0.507. The van der Waals surface area contributed by atoms with Crippen molar-refractivity contribution in [1.82, 2.24) is 0 Å². The van der Waals surface area contributed by atoms with E-state index in [0.29, 0.717) is 5.90 Å². The van der Waals surface area contributed by atoms with Crippen LogP contribution in [0.4, 0.5) is 5.69 Å². The number of ether oxygens (including phenoxy) is 1. The molecule has 0 aromatic heterocycles. The number of hydrogen-bond donors (Lipinski definition) is 1. The van der Waals surface area contributed by atoms with Crippen LogP contribution < -0.4 is 10.2 Å². The Kier molecular flexibility index (Phi) is 5.06. The highest BCUT2D eigenvalue weighted by atomic mass is 79.9. The van der Waals surface area contributed by atoms with E-state index in [-0.39, 0.29) is 0 Å². The summed E-state index contributed by atoms with van der Waals surface area (Å²) in [5.41, 5.74) is 4.82. The minimum Gasteiger partial charge on any atom is -0.437 e. The lowest BCUT2D eigenvalue weighted by atomic mass is 10.2. The van der Waals surface area contributed by atoms with Gasteiger partial charge in [-0.3, -0.25) is 5.43 Å². The highest BCUT2D eigenvalue weighted by Crippen LogP contribution is 2.16. The van der Waals surface area contributed by atoms with E-state index in [1.165, 1.54) is 0 Å². The second kappa shape index (κ2) is 7.61. The third-order valence-corrected chi connectivity index (χ3v) is 3.64. The van der Waals surface area contributed by atoms with Crippen molar-refractivity contribution in [1.29, 1.82) is 0 Å². The molecule has 3 aromatic carbocycles. The lowest BCUT2D eigenvalue weighted by molar-refractivity contribution is 0.551. The minimum absolute atomic E-state index is 0.507. The summed E-state index contributed by atoms with van der Waals surface area (Å²) in [6.07, 6.45) is 0. The molecule has 0 aliphatic rings. The molecular weight excluding hydrogens is 352 g/mol. The smallest absolute Gasteiger partial charge is 0.243 e. The first-order chi connectivity index (χ1) is 11.3. The van der Waals surface area contributed by atoms with Crippen molar-refractivity contribution in [3.8, 4) is 5.75 Å². The summed E-state index contributed by atoms with van der Waals surface area (Å²) in [4.78, 5) is 0. The van der Waals surface area contributed by atoms with E-state index in [9.17, 15) is 0 Å². The van der Waals surface area contributed by atoms with Gasteiger partial charge in [0, 0.05) is 10.0 Å². The van der Waals surface area contributed by atoms with E-state index in [1.807, 2.05) is 84.9 Å². The topological polar surface area (TPSA) is 33.6 Å². The molecule has 0 fully saturated rings. The molecule has 0 saturated heterocycles. The molecule has 3 nitrogen and oxygen atoms in total. The van der Waals surface area contributed by atoms with Crippen molar-refractivity contribution < 1.29 is 4.74 Å². The predicted octanol–water partition coefficient (Wildman–Crippen LogP) is 5.30. The van der Waals surface area contributed by atoms with E-state index >= 15 is 0 Å². The van der Waals surface area contributed by atoms with E-state index in [1.54, 1.807) is 0 Å². The van der Waals surface area contributed by atoms with Gasteiger partial charge >= 0.3 is 0 Å². The highest BCUT2D eigenvalue weighted by molar-refractivity contribution is 9.10. The molecule has 0 heterocycles. The van der Waals surface area contributed by atoms with Crippen LogP contribution in [-0.4, -0.2) is 5.90 Å². The molecule has 0 bridgehead atoms. The molecule has 0 aliphatic heterocycles. The summed E-state index contributed by atoms with van der Waals surface area (Å²) in [5, 5.41) is 4.42. The van der Waals surface area contributed by atoms with Gasteiger partial charge < -0.3 is 4.74 Å². The molecule has 0 amide bonds. The first-order valence-corrected chi connectivity index (χ1v) is 7.98. The van der Waals surface area contributed by atoms with E-state index < -0.39 is 0 Å². The number of nitrogens with zero attached hydrogens (tertiary/aromatic N) is 1. The molecule has 3 aromatic rings. The van der Waals surface area contributed by atoms with Gasteiger partial charge in [-0.2, -0.15) is 0 Å². The van der Waals surface area contributed by atoms with E-state index in [0.717, 1.165) is 21.5 Å². The Hall–Kier alpha value is -2.59. The average molecular weight is 367 g/mol. The van der Waals surface area contributed by atoms with E-state index in [4.69, 9.17) is 4.74 Å². The van der Waals surface area contributed by atoms with Crippen LogP contribution in [0.5, 0.6) is 5.75 Å². The van der Waals surface area contributed by atoms with Crippen molar-refractivity contribution in [3.63, 3.8) is 0 Å². The number of para-hydroxylation sites is 2. The Bertz CT molecular complexity index is 771. The van der Waals surface area contributed by atoms with Crippen LogP contribution in [-0.2, 0) is 0 Å². The maximum absolute atomic E-state index is 5.93. The van der Waals surface area contributed by atoms with Crippen LogP contribution >= 0.6 is 15.9 Å². The average Bonchev–Trinajstić information content (AvgIpc) is 2.61. The molecule has 0 radical (unpaired) electrons. The Labute approximate surface area is 143 Å². The van der Waals surface area contributed by atoms with Gasteiger partial charge in [-0.1, -0.05) is 52.3 Å². The Morgan fingerprint density at radius 3 is 2.04 bits per heavy atom. The number of hydrazone groups is 1. The molecule has 3 rings (SSSR count). The van der Waals surface area contributed by atoms with Crippen molar-refractivity contribution in [2.24, 2.45) is 5.10 Å². The first kappa shape index (κ1) is 15.3. The SMILES string of the molecule is Brc1ccc(C(=NNc2ccccc2)Oc2ccccc2)cc1. The summed E-state index contributed by atoms with van der Waals surface area (Å²) in [7, 11) is 0. The summed E-state index contributed by atoms with van der Waals surface area (Å²) in [6, 6.07) is 27.2. The molecule has 0 aliphatic carbocycles. The zero-order valence-corrected chi connectivity index (χ0v) is 13.9. The Balaban J connectivity index is 1.87. The van der Waals surface area contributed by atoms with Gasteiger partial charge in [0.25, 0.3) is 0 Å². The third kappa shape index (κ3) is 4.44. The molecule has 4 heteroatoms. The maximum Gasteiger partial charge on any atom is 0.243 e. The van der Waals surface area contributed by atoms with Gasteiger partial charge in [0.05, 0.1) is 5.69 Å². The second-order valence-corrected chi connectivity index (χ2v) is 5.73. The number of halogens is 1. The Morgan fingerprint density at radius 1 is 0.783 bits per heavy atom. The molecule has 0 saturated carbocycles. The fourth-order valence-corrected chi connectivity index (χ4v) is 2.23. The standard InChI is InChI=1S/C19H15BrN2O/c20-16-13-11-15(12-14-16)19(23-18-9-5-2-6-10-18)22-21-17-7-3-1-4-8-17/h1-14,21H. The van der Waals surface area contributed by atoms with Crippen LogP contribution in [0.1, 0.15) is 5.56 Å².